The van der Waals surface area contributed by atoms with Gasteiger partial charge in [-0.15, -0.1) is 0 Å². The number of carbonyl (C=O) groups is 8. The van der Waals surface area contributed by atoms with E-state index in [1.165, 1.54) is 62.5 Å². The molecular weight excluding hydrogens is 945 g/mol. The Bertz CT molecular complexity index is 3570. The number of rotatable bonds is 12. The van der Waals surface area contributed by atoms with Crippen LogP contribution in [0.4, 0.5) is 11.4 Å². The SMILES string of the molecule is COC(=O)c1ccccc1C(=O)Nc1c[nH]c2c(C(=O)NCc3ccc4c(c3)CC(=O)CO4)ncnc12.O=C1COc2ccc(CNC(=O)c3ncnc4c(NC(=O)c5ccccc5C(=O)O)c[nH]c34)cc2C1. The lowest BCUT2D eigenvalue weighted by Crippen LogP contribution is -2.25. The van der Waals surface area contributed by atoms with Crippen molar-refractivity contribution in [3.63, 3.8) is 0 Å². The highest BCUT2D eigenvalue weighted by Crippen LogP contribution is 2.28. The van der Waals surface area contributed by atoms with Gasteiger partial charge in [-0.3, -0.25) is 28.8 Å². The average Bonchev–Trinajstić information content (AvgIpc) is 4.02. The number of esters is 1. The van der Waals surface area contributed by atoms with E-state index in [0.717, 1.165) is 22.3 Å². The van der Waals surface area contributed by atoms with E-state index in [4.69, 9.17) is 14.2 Å². The van der Waals surface area contributed by atoms with Gasteiger partial charge in [0.1, 0.15) is 48.4 Å². The van der Waals surface area contributed by atoms with E-state index < -0.39 is 35.6 Å². The molecule has 22 nitrogen and oxygen atoms in total. The highest BCUT2D eigenvalue weighted by molar-refractivity contribution is 6.15. The molecule has 0 spiro atoms. The van der Waals surface area contributed by atoms with Gasteiger partial charge in [0.2, 0.25) is 0 Å². The Morgan fingerprint density at radius 1 is 0.589 bits per heavy atom. The number of ether oxygens (including phenoxy) is 3. The maximum atomic E-state index is 12.9. The van der Waals surface area contributed by atoms with Gasteiger partial charge in [0.15, 0.2) is 23.0 Å². The summed E-state index contributed by atoms with van der Waals surface area (Å²) in [7, 11) is 1.24. The molecule has 2 aliphatic heterocycles. The summed E-state index contributed by atoms with van der Waals surface area (Å²) >= 11 is 0. The summed E-state index contributed by atoms with van der Waals surface area (Å²) in [6, 6.07) is 22.9. The number of ketones is 2. The van der Waals surface area contributed by atoms with E-state index in [-0.39, 0.29) is 83.6 Å². The van der Waals surface area contributed by atoms with Crippen LogP contribution in [0.25, 0.3) is 22.1 Å². The molecule has 0 atom stereocenters. The maximum absolute atomic E-state index is 12.9. The molecule has 4 aromatic carbocycles. The van der Waals surface area contributed by atoms with Crippen molar-refractivity contribution in [2.45, 2.75) is 25.9 Å². The molecule has 8 aromatic rings. The number of aromatic amines is 2. The van der Waals surface area contributed by atoms with Gasteiger partial charge < -0.3 is 50.6 Å². The highest BCUT2D eigenvalue weighted by atomic mass is 16.5. The lowest BCUT2D eigenvalue weighted by Gasteiger charge is -2.17. The number of Topliss-reactive ketones (excluding diaryl/α,β-unsaturated/α-hetero) is 2. The van der Waals surface area contributed by atoms with Crippen LogP contribution in [0, 0.1) is 0 Å². The largest absolute Gasteiger partial charge is 0.486 e. The molecule has 4 amide bonds. The number of amides is 4. The van der Waals surface area contributed by atoms with E-state index in [0.29, 0.717) is 45.7 Å². The van der Waals surface area contributed by atoms with Crippen molar-refractivity contribution in [2.75, 3.05) is 31.0 Å². The first-order valence-corrected chi connectivity index (χ1v) is 22.2. The number of methoxy groups -OCH3 is 1. The zero-order valence-electron chi connectivity index (χ0n) is 38.4. The van der Waals surface area contributed by atoms with Gasteiger partial charge in [-0.25, -0.2) is 29.5 Å². The molecule has 22 heteroatoms. The average molecular weight is 985 g/mol. The number of anilines is 2. The van der Waals surface area contributed by atoms with Gasteiger partial charge in [0, 0.05) is 49.5 Å². The van der Waals surface area contributed by atoms with E-state index in [1.54, 1.807) is 30.3 Å². The monoisotopic (exact) mass is 984 g/mol. The van der Waals surface area contributed by atoms with Crippen LogP contribution in [0.3, 0.4) is 0 Å². The third-order valence-electron chi connectivity index (χ3n) is 11.5. The molecule has 0 bridgehead atoms. The first kappa shape index (κ1) is 47.9. The van der Waals surface area contributed by atoms with Crippen LogP contribution in [0.15, 0.2) is 110 Å². The van der Waals surface area contributed by atoms with Crippen molar-refractivity contribution in [2.24, 2.45) is 0 Å². The first-order chi connectivity index (χ1) is 35.3. The molecule has 0 radical (unpaired) electrons. The summed E-state index contributed by atoms with van der Waals surface area (Å²) in [5, 5.41) is 20.3. The number of H-pyrrole nitrogens is 2. The van der Waals surface area contributed by atoms with Crippen molar-refractivity contribution in [1.29, 1.82) is 0 Å². The molecule has 0 saturated heterocycles. The van der Waals surface area contributed by atoms with Gasteiger partial charge in [-0.1, -0.05) is 36.4 Å². The predicted octanol–water partition coefficient (Wildman–Crippen LogP) is 4.77. The van der Waals surface area contributed by atoms with Crippen LogP contribution in [0.1, 0.15) is 84.7 Å². The number of aromatic carboxylic acids is 1. The normalized spacial score (nSPS) is 12.5. The van der Waals surface area contributed by atoms with E-state index in [9.17, 15) is 43.5 Å². The maximum Gasteiger partial charge on any atom is 0.338 e. The third-order valence-corrected chi connectivity index (χ3v) is 11.5. The fourth-order valence-electron chi connectivity index (χ4n) is 8.05. The van der Waals surface area contributed by atoms with Crippen LogP contribution < -0.4 is 30.7 Å². The summed E-state index contributed by atoms with van der Waals surface area (Å²) in [5.74, 6) is -2.63. The van der Waals surface area contributed by atoms with Gasteiger partial charge in [0.25, 0.3) is 23.6 Å². The summed E-state index contributed by atoms with van der Waals surface area (Å²) in [5.41, 5.74) is 5.27. The van der Waals surface area contributed by atoms with Crippen LogP contribution in [0.2, 0.25) is 0 Å². The number of carboxylic acid groups (broad SMARTS) is 1. The zero-order chi connectivity index (χ0) is 51.2. The fourth-order valence-corrected chi connectivity index (χ4v) is 8.05. The summed E-state index contributed by atoms with van der Waals surface area (Å²) < 4.78 is 15.5. The lowest BCUT2D eigenvalue weighted by atomic mass is 10.0. The highest BCUT2D eigenvalue weighted by Gasteiger charge is 2.24. The summed E-state index contributed by atoms with van der Waals surface area (Å²) in [6.07, 6.45) is 5.97. The van der Waals surface area contributed by atoms with E-state index >= 15 is 0 Å². The third kappa shape index (κ3) is 10.4. The second-order valence-corrected chi connectivity index (χ2v) is 16.4. The Labute approximate surface area is 411 Å². The number of fused-ring (bicyclic) bond motifs is 4. The lowest BCUT2D eigenvalue weighted by molar-refractivity contribution is -0.122. The smallest absolute Gasteiger partial charge is 0.338 e. The molecule has 2 aliphatic rings. The van der Waals surface area contributed by atoms with Crippen LogP contribution in [-0.4, -0.2) is 102 Å². The number of hydrogen-bond acceptors (Lipinski definition) is 15. The number of nitrogens with zero attached hydrogens (tertiary/aromatic N) is 4. The van der Waals surface area contributed by atoms with Gasteiger partial charge in [-0.05, 0) is 59.7 Å². The number of nitrogens with one attached hydrogen (secondary N) is 6. The molecule has 7 N–H and O–H groups in total. The number of carbonyl (C=O) groups excluding carboxylic acids is 7. The van der Waals surface area contributed by atoms with Crippen molar-refractivity contribution < 1.29 is 57.7 Å². The van der Waals surface area contributed by atoms with Crippen molar-refractivity contribution in [3.05, 3.63) is 166 Å². The number of benzene rings is 4. The zero-order valence-corrected chi connectivity index (χ0v) is 38.4. The van der Waals surface area contributed by atoms with Crippen molar-refractivity contribution >= 4 is 80.6 Å². The molecule has 6 heterocycles. The summed E-state index contributed by atoms with van der Waals surface area (Å²) in [4.78, 5) is 121. The second-order valence-electron chi connectivity index (χ2n) is 16.4. The van der Waals surface area contributed by atoms with Crippen LogP contribution >= 0.6 is 0 Å². The Balaban J connectivity index is 0.000000180. The van der Waals surface area contributed by atoms with Crippen molar-refractivity contribution in [3.8, 4) is 11.5 Å². The minimum absolute atomic E-state index is 0.000452. The van der Waals surface area contributed by atoms with Gasteiger partial charge in [0.05, 0.1) is 51.8 Å². The quantitative estimate of drug-likeness (QED) is 0.0811. The molecule has 10 rings (SSSR count). The van der Waals surface area contributed by atoms with Crippen LogP contribution in [-0.2, 0) is 40.3 Å². The molecule has 0 saturated carbocycles. The van der Waals surface area contributed by atoms with Crippen LogP contribution in [0.5, 0.6) is 11.5 Å². The predicted molar refractivity (Wildman–Crippen MR) is 259 cm³/mol. The molecule has 366 valence electrons. The minimum Gasteiger partial charge on any atom is -0.486 e. The van der Waals surface area contributed by atoms with Gasteiger partial charge >= 0.3 is 11.9 Å². The molecule has 0 aliphatic carbocycles. The second kappa shape index (κ2) is 20.9. The summed E-state index contributed by atoms with van der Waals surface area (Å²) in [6.45, 7) is 0.545. The Hall–Kier alpha value is -10.1. The number of aromatic nitrogens is 6. The standard InChI is InChI=1S/C26H21N5O6.C25H19N5O6/c1-36-26(35)18-5-3-2-4-17(18)24(33)31-19-11-27-22-21(19)29-13-30-23(22)25(34)28-10-14-6-7-20-15(8-14)9-16(32)12-37-20;31-15-8-14-7-13(5-6-19(14)36-11-15)9-27-24(33)22-21-20(28-12-29-22)18(10-26-21)30-23(32)16-3-1-2-4-17(16)25(34)35/h2-8,11,13,27H,9-10,12H2,1H3,(H,28,34)(H,31,33);1-7,10,12,26H,8-9,11H2,(H,27,33)(H,30,32)(H,34,35). The first-order valence-electron chi connectivity index (χ1n) is 22.2. The molecule has 0 fully saturated rings. The Kier molecular flexibility index (Phi) is 13.7. The van der Waals surface area contributed by atoms with E-state index in [1.807, 2.05) is 24.3 Å². The van der Waals surface area contributed by atoms with Crippen molar-refractivity contribution in [1.82, 2.24) is 40.5 Å². The number of hydrogen-bond donors (Lipinski definition) is 7. The molecular formula is C51H40N10O12. The molecule has 0 unspecified atom stereocenters. The Morgan fingerprint density at radius 2 is 1.03 bits per heavy atom. The topological polar surface area (TPSA) is 316 Å². The Morgan fingerprint density at radius 3 is 1.48 bits per heavy atom. The van der Waals surface area contributed by atoms with E-state index in [2.05, 4.69) is 51.2 Å². The fraction of sp³-hybridized carbons (Fsp3) is 0.137. The minimum atomic E-state index is -1.22. The molecule has 4 aromatic heterocycles. The number of carboxylic acids is 1. The molecule has 73 heavy (non-hydrogen) atoms. The van der Waals surface area contributed by atoms with Gasteiger partial charge in [-0.2, -0.15) is 0 Å².